The van der Waals surface area contributed by atoms with E-state index >= 15 is 0 Å². The number of pyridine rings is 1. The van der Waals surface area contributed by atoms with E-state index in [1.54, 1.807) is 14.1 Å². The van der Waals surface area contributed by atoms with Gasteiger partial charge in [-0.3, -0.25) is 4.79 Å². The molecular weight excluding hydrogens is 192 g/mol. The van der Waals surface area contributed by atoms with E-state index < -0.39 is 0 Å². The Morgan fingerprint density at radius 2 is 2.23 bits per heavy atom. The van der Waals surface area contributed by atoms with Crippen molar-refractivity contribution >= 4 is 17.5 Å². The Balaban J connectivity index is 3.15. The first kappa shape index (κ1) is 9.80. The maximum absolute atomic E-state index is 11.4. The largest absolute Gasteiger partial charge is 0.504 e. The molecule has 0 aliphatic rings. The molecule has 0 aliphatic heterocycles. The van der Waals surface area contributed by atoms with Crippen LogP contribution in [0.1, 0.15) is 10.5 Å². The SMILES string of the molecule is CN(C)C(=O)c1nccc(Cl)c1O. The van der Waals surface area contributed by atoms with Gasteiger partial charge in [0.2, 0.25) is 0 Å². The van der Waals surface area contributed by atoms with Crippen molar-refractivity contribution in [3.63, 3.8) is 0 Å². The monoisotopic (exact) mass is 200 g/mol. The first-order valence-electron chi connectivity index (χ1n) is 3.59. The molecule has 4 nitrogen and oxygen atoms in total. The lowest BCUT2D eigenvalue weighted by Crippen LogP contribution is -2.22. The second-order valence-corrected chi connectivity index (χ2v) is 3.10. The lowest BCUT2D eigenvalue weighted by Gasteiger charge is -2.10. The molecular formula is C8H9ClN2O2. The van der Waals surface area contributed by atoms with Gasteiger partial charge in [-0.05, 0) is 6.07 Å². The van der Waals surface area contributed by atoms with E-state index in [1.165, 1.54) is 17.2 Å². The molecule has 13 heavy (non-hydrogen) atoms. The highest BCUT2D eigenvalue weighted by atomic mass is 35.5. The number of hydrogen-bond acceptors (Lipinski definition) is 3. The average molecular weight is 201 g/mol. The number of hydrogen-bond donors (Lipinski definition) is 1. The number of carbonyl (C=O) groups is 1. The number of halogens is 1. The molecule has 5 heteroatoms. The van der Waals surface area contributed by atoms with Crippen LogP contribution in [0.2, 0.25) is 5.02 Å². The third-order valence-corrected chi connectivity index (χ3v) is 1.79. The van der Waals surface area contributed by atoms with Crippen LogP contribution in [0.15, 0.2) is 12.3 Å². The lowest BCUT2D eigenvalue weighted by molar-refractivity contribution is 0.0818. The van der Waals surface area contributed by atoms with E-state index in [9.17, 15) is 9.90 Å². The number of aromatic nitrogens is 1. The Morgan fingerprint density at radius 3 is 2.77 bits per heavy atom. The normalized spacial score (nSPS) is 9.77. The molecule has 0 aromatic carbocycles. The van der Waals surface area contributed by atoms with Crippen LogP contribution in [0, 0.1) is 0 Å². The second kappa shape index (κ2) is 3.62. The predicted molar refractivity (Wildman–Crippen MR) is 48.9 cm³/mol. The topological polar surface area (TPSA) is 53.4 Å². The van der Waals surface area contributed by atoms with Crippen molar-refractivity contribution in [3.8, 4) is 5.75 Å². The number of carbonyl (C=O) groups excluding carboxylic acids is 1. The van der Waals surface area contributed by atoms with E-state index in [1.807, 2.05) is 0 Å². The van der Waals surface area contributed by atoms with Crippen molar-refractivity contribution < 1.29 is 9.90 Å². The zero-order valence-electron chi connectivity index (χ0n) is 7.28. The van der Waals surface area contributed by atoms with Crippen molar-refractivity contribution in [3.05, 3.63) is 23.0 Å². The second-order valence-electron chi connectivity index (χ2n) is 2.69. The first-order chi connectivity index (χ1) is 6.04. The minimum absolute atomic E-state index is 0.0301. The van der Waals surface area contributed by atoms with Crippen LogP contribution < -0.4 is 0 Å². The number of aromatic hydroxyl groups is 1. The molecule has 0 radical (unpaired) electrons. The van der Waals surface area contributed by atoms with Gasteiger partial charge < -0.3 is 10.0 Å². The molecule has 70 valence electrons. The van der Waals surface area contributed by atoms with Gasteiger partial charge in [0, 0.05) is 20.3 Å². The van der Waals surface area contributed by atoms with Crippen LogP contribution in [0.5, 0.6) is 5.75 Å². The molecule has 0 atom stereocenters. The summed E-state index contributed by atoms with van der Waals surface area (Å²) in [5.41, 5.74) is -0.0301. The first-order valence-corrected chi connectivity index (χ1v) is 3.97. The highest BCUT2D eigenvalue weighted by molar-refractivity contribution is 6.32. The Morgan fingerprint density at radius 1 is 1.62 bits per heavy atom. The van der Waals surface area contributed by atoms with Gasteiger partial charge in [0.1, 0.15) is 0 Å². The zero-order chi connectivity index (χ0) is 10.0. The van der Waals surface area contributed by atoms with E-state index in [2.05, 4.69) is 4.98 Å². The Hall–Kier alpha value is -1.29. The van der Waals surface area contributed by atoms with Crippen LogP contribution in [0.4, 0.5) is 0 Å². The molecule has 1 N–H and O–H groups in total. The van der Waals surface area contributed by atoms with Gasteiger partial charge in [0.25, 0.3) is 5.91 Å². The molecule has 1 rings (SSSR count). The summed E-state index contributed by atoms with van der Waals surface area (Å²) in [6.45, 7) is 0. The maximum atomic E-state index is 11.4. The molecule has 1 heterocycles. The molecule has 1 aromatic heterocycles. The summed E-state index contributed by atoms with van der Waals surface area (Å²) in [5.74, 6) is -0.650. The molecule has 0 saturated heterocycles. The number of nitrogens with zero attached hydrogens (tertiary/aromatic N) is 2. The Labute approximate surface area is 80.8 Å². The molecule has 0 fully saturated rings. The molecule has 0 unspecified atom stereocenters. The van der Waals surface area contributed by atoms with E-state index in [4.69, 9.17) is 11.6 Å². The van der Waals surface area contributed by atoms with Gasteiger partial charge in [0.15, 0.2) is 11.4 Å². The Bertz CT molecular complexity index is 339. The summed E-state index contributed by atoms with van der Waals surface area (Å²) in [6, 6.07) is 1.42. The fraction of sp³-hybridized carbons (Fsp3) is 0.250. The van der Waals surface area contributed by atoms with Crippen LogP contribution in [0.25, 0.3) is 0 Å². The summed E-state index contributed by atoms with van der Waals surface area (Å²) in [5, 5.41) is 9.50. The van der Waals surface area contributed by atoms with Gasteiger partial charge >= 0.3 is 0 Å². The smallest absolute Gasteiger partial charge is 0.275 e. The summed E-state index contributed by atoms with van der Waals surface area (Å²) in [6.07, 6.45) is 1.37. The number of rotatable bonds is 1. The van der Waals surface area contributed by atoms with Crippen molar-refractivity contribution in [1.29, 1.82) is 0 Å². The fourth-order valence-corrected chi connectivity index (χ4v) is 0.945. The summed E-state index contributed by atoms with van der Waals surface area (Å²) in [7, 11) is 3.15. The van der Waals surface area contributed by atoms with E-state index in [0.29, 0.717) is 0 Å². The Kier molecular flexibility index (Phi) is 2.72. The van der Waals surface area contributed by atoms with E-state index in [-0.39, 0.29) is 22.4 Å². The van der Waals surface area contributed by atoms with Gasteiger partial charge in [0.05, 0.1) is 5.02 Å². The van der Waals surface area contributed by atoms with Crippen LogP contribution in [0.3, 0.4) is 0 Å². The van der Waals surface area contributed by atoms with Gasteiger partial charge in [-0.2, -0.15) is 0 Å². The standard InChI is InChI=1S/C8H9ClN2O2/c1-11(2)8(13)6-7(12)5(9)3-4-10-6/h3-4,12H,1-2H3. The van der Waals surface area contributed by atoms with Crippen molar-refractivity contribution in [2.75, 3.05) is 14.1 Å². The van der Waals surface area contributed by atoms with Gasteiger partial charge in [-0.25, -0.2) is 4.98 Å². The van der Waals surface area contributed by atoms with E-state index in [0.717, 1.165) is 0 Å². The van der Waals surface area contributed by atoms with Gasteiger partial charge in [-0.15, -0.1) is 0 Å². The van der Waals surface area contributed by atoms with Crippen LogP contribution in [-0.2, 0) is 0 Å². The summed E-state index contributed by atoms with van der Waals surface area (Å²) < 4.78 is 0. The van der Waals surface area contributed by atoms with Crippen molar-refractivity contribution in [1.82, 2.24) is 9.88 Å². The zero-order valence-corrected chi connectivity index (χ0v) is 8.04. The minimum atomic E-state index is -0.375. The quantitative estimate of drug-likeness (QED) is 0.740. The predicted octanol–water partition coefficient (Wildman–Crippen LogP) is 1.14. The van der Waals surface area contributed by atoms with Crippen molar-refractivity contribution in [2.45, 2.75) is 0 Å². The molecule has 1 aromatic rings. The summed E-state index contributed by atoms with van der Waals surface area (Å²) >= 11 is 5.60. The molecule has 0 spiro atoms. The molecule has 0 aliphatic carbocycles. The molecule has 0 bridgehead atoms. The highest BCUT2D eigenvalue weighted by Gasteiger charge is 2.16. The molecule has 1 amide bonds. The van der Waals surface area contributed by atoms with Gasteiger partial charge in [-0.1, -0.05) is 11.6 Å². The fourth-order valence-electron chi connectivity index (χ4n) is 0.799. The minimum Gasteiger partial charge on any atom is -0.504 e. The van der Waals surface area contributed by atoms with Crippen LogP contribution >= 0.6 is 11.6 Å². The third kappa shape index (κ3) is 1.89. The average Bonchev–Trinajstić information content (AvgIpc) is 2.08. The molecule has 0 saturated carbocycles. The van der Waals surface area contributed by atoms with Crippen LogP contribution in [-0.4, -0.2) is 35.0 Å². The maximum Gasteiger partial charge on any atom is 0.275 e. The summed E-state index contributed by atoms with van der Waals surface area (Å²) in [4.78, 5) is 16.4. The van der Waals surface area contributed by atoms with Crippen molar-refractivity contribution in [2.24, 2.45) is 0 Å². The third-order valence-electron chi connectivity index (χ3n) is 1.48. The highest BCUT2D eigenvalue weighted by Crippen LogP contribution is 2.25. The lowest BCUT2D eigenvalue weighted by atomic mass is 10.3. The number of amides is 1.